The van der Waals surface area contributed by atoms with Crippen LogP contribution in [0.15, 0.2) is 54.7 Å². The Balaban J connectivity index is 1.82. The average Bonchev–Trinajstić information content (AvgIpc) is 2.54. The highest BCUT2D eigenvalue weighted by molar-refractivity contribution is 5.96. The lowest BCUT2D eigenvalue weighted by Crippen LogP contribution is -2.24. The molecule has 0 unspecified atom stereocenters. The SMILES string of the molecule is Cc1ccc(N)cc1C(=O)NCc1cccc2cccnc12. The molecule has 0 fully saturated rings. The van der Waals surface area contributed by atoms with Gasteiger partial charge in [0.2, 0.25) is 0 Å². The summed E-state index contributed by atoms with van der Waals surface area (Å²) >= 11 is 0. The minimum atomic E-state index is -0.127. The number of nitrogens with two attached hydrogens (primary N) is 1. The Labute approximate surface area is 129 Å². The van der Waals surface area contributed by atoms with Gasteiger partial charge in [0.05, 0.1) is 5.52 Å². The molecule has 22 heavy (non-hydrogen) atoms. The van der Waals surface area contributed by atoms with E-state index in [1.165, 1.54) is 0 Å². The molecule has 0 aliphatic carbocycles. The molecule has 2 aromatic carbocycles. The van der Waals surface area contributed by atoms with E-state index in [4.69, 9.17) is 5.73 Å². The normalized spacial score (nSPS) is 10.6. The maximum Gasteiger partial charge on any atom is 0.251 e. The summed E-state index contributed by atoms with van der Waals surface area (Å²) in [6, 6.07) is 15.2. The molecule has 4 heteroatoms. The van der Waals surface area contributed by atoms with E-state index in [0.29, 0.717) is 17.8 Å². The number of rotatable bonds is 3. The average molecular weight is 291 g/mol. The first-order valence-electron chi connectivity index (χ1n) is 7.12. The minimum absolute atomic E-state index is 0.127. The van der Waals surface area contributed by atoms with Crippen molar-refractivity contribution in [3.8, 4) is 0 Å². The highest BCUT2D eigenvalue weighted by Gasteiger charge is 2.10. The number of carbonyl (C=O) groups excluding carboxylic acids is 1. The van der Waals surface area contributed by atoms with Crippen LogP contribution in [0, 0.1) is 6.92 Å². The number of hydrogen-bond acceptors (Lipinski definition) is 3. The van der Waals surface area contributed by atoms with E-state index in [-0.39, 0.29) is 5.91 Å². The molecule has 0 aliphatic rings. The third-order valence-corrected chi connectivity index (χ3v) is 3.66. The van der Waals surface area contributed by atoms with Crippen molar-refractivity contribution in [2.45, 2.75) is 13.5 Å². The monoisotopic (exact) mass is 291 g/mol. The molecule has 0 aliphatic heterocycles. The summed E-state index contributed by atoms with van der Waals surface area (Å²) in [6.07, 6.45) is 1.76. The third kappa shape index (κ3) is 2.76. The predicted molar refractivity (Wildman–Crippen MR) is 88.5 cm³/mol. The molecule has 1 amide bonds. The van der Waals surface area contributed by atoms with Gasteiger partial charge in [0.15, 0.2) is 0 Å². The zero-order valence-electron chi connectivity index (χ0n) is 12.3. The van der Waals surface area contributed by atoms with Crippen molar-refractivity contribution in [2.75, 3.05) is 5.73 Å². The fourth-order valence-corrected chi connectivity index (χ4v) is 2.47. The van der Waals surface area contributed by atoms with Crippen LogP contribution in [0.2, 0.25) is 0 Å². The molecule has 3 N–H and O–H groups in total. The van der Waals surface area contributed by atoms with E-state index in [0.717, 1.165) is 22.0 Å². The molecular formula is C18H17N3O. The van der Waals surface area contributed by atoms with E-state index in [2.05, 4.69) is 10.3 Å². The second-order valence-electron chi connectivity index (χ2n) is 5.25. The summed E-state index contributed by atoms with van der Waals surface area (Å²) in [5.41, 5.74) is 9.76. The van der Waals surface area contributed by atoms with E-state index in [1.54, 1.807) is 18.3 Å². The number of anilines is 1. The van der Waals surface area contributed by atoms with Gasteiger partial charge in [-0.25, -0.2) is 0 Å². The summed E-state index contributed by atoms with van der Waals surface area (Å²) in [5.74, 6) is -0.127. The van der Waals surface area contributed by atoms with E-state index >= 15 is 0 Å². The molecule has 3 aromatic rings. The van der Waals surface area contributed by atoms with E-state index < -0.39 is 0 Å². The standard InChI is InChI=1S/C18H17N3O/c1-12-7-8-15(19)10-16(12)18(22)21-11-14-5-2-4-13-6-3-9-20-17(13)14/h2-10H,11,19H2,1H3,(H,21,22). The molecule has 1 aromatic heterocycles. The topological polar surface area (TPSA) is 68.0 Å². The summed E-state index contributed by atoms with van der Waals surface area (Å²) in [7, 11) is 0. The highest BCUT2D eigenvalue weighted by Crippen LogP contribution is 2.16. The lowest BCUT2D eigenvalue weighted by Gasteiger charge is -2.10. The largest absolute Gasteiger partial charge is 0.399 e. The molecule has 1 heterocycles. The van der Waals surface area contributed by atoms with Gasteiger partial charge in [0, 0.05) is 29.4 Å². The number of hydrogen-bond donors (Lipinski definition) is 2. The van der Waals surface area contributed by atoms with Gasteiger partial charge in [0.25, 0.3) is 5.91 Å². The summed E-state index contributed by atoms with van der Waals surface area (Å²) in [4.78, 5) is 16.7. The number of carbonyl (C=O) groups is 1. The summed E-state index contributed by atoms with van der Waals surface area (Å²) in [5, 5.41) is 4.01. The number of pyridine rings is 1. The summed E-state index contributed by atoms with van der Waals surface area (Å²) < 4.78 is 0. The molecule has 110 valence electrons. The van der Waals surface area contributed by atoms with Crippen molar-refractivity contribution in [3.63, 3.8) is 0 Å². The molecule has 0 spiro atoms. The zero-order chi connectivity index (χ0) is 15.5. The maximum atomic E-state index is 12.3. The first-order valence-corrected chi connectivity index (χ1v) is 7.12. The number of nitrogen functional groups attached to an aromatic ring is 1. The van der Waals surface area contributed by atoms with Crippen molar-refractivity contribution < 1.29 is 4.79 Å². The fourth-order valence-electron chi connectivity index (χ4n) is 2.47. The predicted octanol–water partition coefficient (Wildman–Crippen LogP) is 3.06. The van der Waals surface area contributed by atoms with E-state index in [9.17, 15) is 4.79 Å². The van der Waals surface area contributed by atoms with Gasteiger partial charge in [-0.3, -0.25) is 9.78 Å². The summed E-state index contributed by atoms with van der Waals surface area (Å²) in [6.45, 7) is 2.33. The quantitative estimate of drug-likeness (QED) is 0.729. The number of nitrogens with zero attached hydrogens (tertiary/aromatic N) is 1. The fraction of sp³-hybridized carbons (Fsp3) is 0.111. The molecule has 0 atom stereocenters. The number of aromatic nitrogens is 1. The Morgan fingerprint density at radius 3 is 2.86 bits per heavy atom. The first kappa shape index (κ1) is 14.1. The van der Waals surface area contributed by atoms with Crippen LogP contribution >= 0.6 is 0 Å². The van der Waals surface area contributed by atoms with Crippen LogP contribution < -0.4 is 11.1 Å². The van der Waals surface area contributed by atoms with Crippen molar-refractivity contribution in [2.24, 2.45) is 0 Å². The van der Waals surface area contributed by atoms with Crippen LogP contribution in [-0.4, -0.2) is 10.9 Å². The molecule has 0 saturated carbocycles. The van der Waals surface area contributed by atoms with E-state index in [1.807, 2.05) is 43.3 Å². The highest BCUT2D eigenvalue weighted by atomic mass is 16.1. The van der Waals surface area contributed by atoms with Crippen molar-refractivity contribution >= 4 is 22.5 Å². The molecule has 4 nitrogen and oxygen atoms in total. The van der Waals surface area contributed by atoms with Gasteiger partial charge in [0.1, 0.15) is 0 Å². The first-order chi connectivity index (χ1) is 10.6. The third-order valence-electron chi connectivity index (χ3n) is 3.66. The minimum Gasteiger partial charge on any atom is -0.399 e. The Hall–Kier alpha value is -2.88. The van der Waals surface area contributed by atoms with Gasteiger partial charge < -0.3 is 11.1 Å². The molecule has 0 bridgehead atoms. The number of nitrogens with one attached hydrogen (secondary N) is 1. The second kappa shape index (κ2) is 5.85. The Bertz CT molecular complexity index is 837. The van der Waals surface area contributed by atoms with Gasteiger partial charge in [-0.2, -0.15) is 0 Å². The van der Waals surface area contributed by atoms with Crippen LogP contribution in [0.4, 0.5) is 5.69 Å². The zero-order valence-corrected chi connectivity index (χ0v) is 12.3. The smallest absolute Gasteiger partial charge is 0.251 e. The van der Waals surface area contributed by atoms with Gasteiger partial charge in [-0.05, 0) is 36.2 Å². The van der Waals surface area contributed by atoms with Crippen LogP contribution in [0.3, 0.4) is 0 Å². The Kier molecular flexibility index (Phi) is 3.74. The Morgan fingerprint density at radius 1 is 1.18 bits per heavy atom. The van der Waals surface area contributed by atoms with Crippen LogP contribution in [-0.2, 0) is 6.54 Å². The van der Waals surface area contributed by atoms with Crippen LogP contribution in [0.25, 0.3) is 10.9 Å². The number of fused-ring (bicyclic) bond motifs is 1. The lowest BCUT2D eigenvalue weighted by molar-refractivity contribution is 0.0950. The molecule has 0 saturated heterocycles. The molecule has 3 rings (SSSR count). The van der Waals surface area contributed by atoms with Gasteiger partial charge in [-0.1, -0.05) is 30.3 Å². The lowest BCUT2D eigenvalue weighted by atomic mass is 10.1. The number of amides is 1. The molecule has 0 radical (unpaired) electrons. The maximum absolute atomic E-state index is 12.3. The van der Waals surface area contributed by atoms with Crippen molar-refractivity contribution in [1.82, 2.24) is 10.3 Å². The number of para-hydroxylation sites is 1. The number of aryl methyl sites for hydroxylation is 1. The van der Waals surface area contributed by atoms with Gasteiger partial charge in [-0.15, -0.1) is 0 Å². The van der Waals surface area contributed by atoms with Gasteiger partial charge >= 0.3 is 0 Å². The second-order valence-corrected chi connectivity index (χ2v) is 5.25. The Morgan fingerprint density at radius 2 is 2.00 bits per heavy atom. The molecular weight excluding hydrogens is 274 g/mol. The number of benzene rings is 2. The van der Waals surface area contributed by atoms with Crippen molar-refractivity contribution in [1.29, 1.82) is 0 Å². The van der Waals surface area contributed by atoms with Crippen LogP contribution in [0.5, 0.6) is 0 Å². The van der Waals surface area contributed by atoms with Crippen LogP contribution in [0.1, 0.15) is 21.5 Å². The van der Waals surface area contributed by atoms with Crippen molar-refractivity contribution in [3.05, 3.63) is 71.4 Å².